The second-order valence-electron chi connectivity index (χ2n) is 3.96. The molecule has 0 aromatic heterocycles. The molecule has 0 aliphatic heterocycles. The van der Waals surface area contributed by atoms with Gasteiger partial charge in [0.1, 0.15) is 5.75 Å². The van der Waals surface area contributed by atoms with Crippen LogP contribution in [-0.4, -0.2) is 17.7 Å². The molecule has 0 saturated heterocycles. The summed E-state index contributed by atoms with van der Waals surface area (Å²) in [6.45, 7) is 4.74. The van der Waals surface area contributed by atoms with E-state index >= 15 is 0 Å². The molecule has 0 amide bonds. The van der Waals surface area contributed by atoms with Gasteiger partial charge in [-0.15, -0.1) is 0 Å². The SMILES string of the molecule is CCOc1ccc(CCCC(=O)O)c(CC)c1. The van der Waals surface area contributed by atoms with E-state index in [4.69, 9.17) is 9.84 Å². The molecule has 1 N–H and O–H groups in total. The van der Waals surface area contributed by atoms with Crippen molar-refractivity contribution in [2.75, 3.05) is 6.61 Å². The predicted molar refractivity (Wildman–Crippen MR) is 67.6 cm³/mol. The fourth-order valence-electron chi connectivity index (χ4n) is 1.86. The maximum Gasteiger partial charge on any atom is 0.303 e. The minimum atomic E-state index is -0.728. The summed E-state index contributed by atoms with van der Waals surface area (Å²) in [4.78, 5) is 10.5. The van der Waals surface area contributed by atoms with Crippen LogP contribution in [0, 0.1) is 0 Å². The topological polar surface area (TPSA) is 46.5 Å². The first-order valence-electron chi connectivity index (χ1n) is 6.13. The summed E-state index contributed by atoms with van der Waals surface area (Å²) in [5.41, 5.74) is 2.48. The molecule has 3 heteroatoms. The largest absolute Gasteiger partial charge is 0.494 e. The first-order valence-corrected chi connectivity index (χ1v) is 6.13. The van der Waals surface area contributed by atoms with Crippen LogP contribution in [0.3, 0.4) is 0 Å². The van der Waals surface area contributed by atoms with E-state index in [2.05, 4.69) is 13.0 Å². The van der Waals surface area contributed by atoms with Gasteiger partial charge in [0.15, 0.2) is 0 Å². The van der Waals surface area contributed by atoms with Crippen LogP contribution >= 0.6 is 0 Å². The molecule has 0 aliphatic rings. The molecule has 0 radical (unpaired) electrons. The lowest BCUT2D eigenvalue weighted by molar-refractivity contribution is -0.137. The lowest BCUT2D eigenvalue weighted by atomic mass is 10.00. The maximum absolute atomic E-state index is 10.5. The molecular formula is C14H20O3. The molecule has 94 valence electrons. The van der Waals surface area contributed by atoms with E-state index < -0.39 is 5.97 Å². The van der Waals surface area contributed by atoms with Gasteiger partial charge in [0.2, 0.25) is 0 Å². The number of aliphatic carboxylic acids is 1. The third-order valence-corrected chi connectivity index (χ3v) is 2.71. The van der Waals surface area contributed by atoms with Crippen LogP contribution in [0.5, 0.6) is 5.75 Å². The van der Waals surface area contributed by atoms with E-state index in [9.17, 15) is 4.79 Å². The summed E-state index contributed by atoms with van der Waals surface area (Å²) in [7, 11) is 0. The molecule has 0 atom stereocenters. The molecule has 1 aromatic carbocycles. The molecule has 3 nitrogen and oxygen atoms in total. The minimum absolute atomic E-state index is 0.233. The van der Waals surface area contributed by atoms with Gasteiger partial charge in [-0.3, -0.25) is 4.79 Å². The van der Waals surface area contributed by atoms with Gasteiger partial charge >= 0.3 is 5.97 Å². The number of aryl methyl sites for hydroxylation is 2. The van der Waals surface area contributed by atoms with E-state index in [1.165, 1.54) is 11.1 Å². The fourth-order valence-corrected chi connectivity index (χ4v) is 1.86. The Balaban J connectivity index is 2.67. The zero-order valence-electron chi connectivity index (χ0n) is 10.5. The van der Waals surface area contributed by atoms with Crippen molar-refractivity contribution in [1.29, 1.82) is 0 Å². The van der Waals surface area contributed by atoms with Gasteiger partial charge in [-0.05, 0) is 49.4 Å². The molecular weight excluding hydrogens is 216 g/mol. The number of rotatable bonds is 7. The summed E-state index contributed by atoms with van der Waals surface area (Å²) < 4.78 is 5.45. The monoisotopic (exact) mass is 236 g/mol. The molecule has 0 aliphatic carbocycles. The number of carboxylic acids is 1. The number of carboxylic acid groups (broad SMARTS) is 1. The van der Waals surface area contributed by atoms with Crippen molar-refractivity contribution in [1.82, 2.24) is 0 Å². The Morgan fingerprint density at radius 1 is 1.29 bits per heavy atom. The molecule has 0 fully saturated rings. The highest BCUT2D eigenvalue weighted by atomic mass is 16.5. The van der Waals surface area contributed by atoms with Crippen molar-refractivity contribution < 1.29 is 14.6 Å². The maximum atomic E-state index is 10.5. The minimum Gasteiger partial charge on any atom is -0.494 e. The molecule has 1 aromatic rings. The van der Waals surface area contributed by atoms with Crippen LogP contribution in [0.15, 0.2) is 18.2 Å². The molecule has 0 heterocycles. The lowest BCUT2D eigenvalue weighted by Crippen LogP contribution is -1.99. The quantitative estimate of drug-likeness (QED) is 0.791. The summed E-state index contributed by atoms with van der Waals surface area (Å²) in [5.74, 6) is 0.167. The van der Waals surface area contributed by atoms with Crippen molar-refractivity contribution in [3.63, 3.8) is 0 Å². The van der Waals surface area contributed by atoms with E-state index in [1.54, 1.807) is 0 Å². The van der Waals surface area contributed by atoms with Gasteiger partial charge in [-0.25, -0.2) is 0 Å². The molecule has 0 saturated carbocycles. The zero-order chi connectivity index (χ0) is 12.7. The first-order chi connectivity index (χ1) is 8.17. The van der Waals surface area contributed by atoms with Crippen LogP contribution < -0.4 is 4.74 Å². The average molecular weight is 236 g/mol. The Hall–Kier alpha value is -1.51. The second-order valence-corrected chi connectivity index (χ2v) is 3.96. The Morgan fingerprint density at radius 2 is 2.06 bits per heavy atom. The van der Waals surface area contributed by atoms with Gasteiger partial charge in [0.25, 0.3) is 0 Å². The van der Waals surface area contributed by atoms with E-state index in [1.807, 2.05) is 19.1 Å². The Labute approximate surface area is 102 Å². The second kappa shape index (κ2) is 6.94. The number of hydrogen-bond donors (Lipinski definition) is 1. The van der Waals surface area contributed by atoms with Crippen LogP contribution in [0.1, 0.15) is 37.8 Å². The van der Waals surface area contributed by atoms with E-state index in [0.29, 0.717) is 13.0 Å². The van der Waals surface area contributed by atoms with Crippen LogP contribution in [-0.2, 0) is 17.6 Å². The van der Waals surface area contributed by atoms with Crippen molar-refractivity contribution in [2.24, 2.45) is 0 Å². The number of hydrogen-bond acceptors (Lipinski definition) is 2. The highest BCUT2D eigenvalue weighted by Crippen LogP contribution is 2.20. The number of carbonyl (C=O) groups is 1. The normalized spacial score (nSPS) is 10.2. The molecule has 0 spiro atoms. The molecule has 0 bridgehead atoms. The average Bonchev–Trinajstić information content (AvgIpc) is 2.30. The Morgan fingerprint density at radius 3 is 2.65 bits per heavy atom. The van der Waals surface area contributed by atoms with Gasteiger partial charge < -0.3 is 9.84 Å². The lowest BCUT2D eigenvalue weighted by Gasteiger charge is -2.10. The van der Waals surface area contributed by atoms with E-state index in [-0.39, 0.29) is 6.42 Å². The Bertz CT molecular complexity index is 372. The van der Waals surface area contributed by atoms with Gasteiger partial charge in [-0.1, -0.05) is 13.0 Å². The molecule has 0 unspecified atom stereocenters. The fraction of sp³-hybridized carbons (Fsp3) is 0.500. The molecule has 1 rings (SSSR count). The number of benzene rings is 1. The summed E-state index contributed by atoms with van der Waals surface area (Å²) in [6, 6.07) is 6.06. The highest BCUT2D eigenvalue weighted by molar-refractivity contribution is 5.66. The van der Waals surface area contributed by atoms with Crippen molar-refractivity contribution in [3.05, 3.63) is 29.3 Å². The van der Waals surface area contributed by atoms with Crippen molar-refractivity contribution >= 4 is 5.97 Å². The first kappa shape index (κ1) is 13.6. The summed E-state index contributed by atoms with van der Waals surface area (Å²) in [6.07, 6.45) is 2.69. The Kier molecular flexibility index (Phi) is 5.53. The van der Waals surface area contributed by atoms with Crippen molar-refractivity contribution in [2.45, 2.75) is 39.5 Å². The van der Waals surface area contributed by atoms with Crippen LogP contribution in [0.25, 0.3) is 0 Å². The smallest absolute Gasteiger partial charge is 0.303 e. The highest BCUT2D eigenvalue weighted by Gasteiger charge is 2.04. The third kappa shape index (κ3) is 4.47. The van der Waals surface area contributed by atoms with Gasteiger partial charge in [0.05, 0.1) is 6.61 Å². The predicted octanol–water partition coefficient (Wildman–Crippen LogP) is 3.06. The van der Waals surface area contributed by atoms with Gasteiger partial charge in [0, 0.05) is 6.42 Å². The van der Waals surface area contributed by atoms with Crippen LogP contribution in [0.2, 0.25) is 0 Å². The zero-order valence-corrected chi connectivity index (χ0v) is 10.5. The van der Waals surface area contributed by atoms with Gasteiger partial charge in [-0.2, -0.15) is 0 Å². The summed E-state index contributed by atoms with van der Waals surface area (Å²) >= 11 is 0. The standard InChI is InChI=1S/C14H20O3/c1-3-11-10-13(17-4-2)9-8-12(11)6-5-7-14(15)16/h8-10H,3-7H2,1-2H3,(H,15,16). The third-order valence-electron chi connectivity index (χ3n) is 2.71. The van der Waals surface area contributed by atoms with E-state index in [0.717, 1.165) is 18.6 Å². The summed E-state index contributed by atoms with van der Waals surface area (Å²) in [5, 5.41) is 8.61. The number of ether oxygens (including phenoxy) is 1. The van der Waals surface area contributed by atoms with Crippen molar-refractivity contribution in [3.8, 4) is 5.75 Å². The van der Waals surface area contributed by atoms with Crippen LogP contribution in [0.4, 0.5) is 0 Å². The molecule has 17 heavy (non-hydrogen) atoms.